The van der Waals surface area contributed by atoms with Crippen LogP contribution in [0.4, 0.5) is 0 Å². The van der Waals surface area contributed by atoms with E-state index in [2.05, 4.69) is 5.32 Å². The highest BCUT2D eigenvalue weighted by molar-refractivity contribution is 6.36. The summed E-state index contributed by atoms with van der Waals surface area (Å²) >= 11 is 12.9. The number of aryl methyl sites for hydroxylation is 1. The minimum atomic E-state index is -0.778. The standard InChI is InChI=1S/C28H30Cl2N2O3/c1-4-31-28(34)25(16-21-11-6-5-7-12-21)32(17-22-23(29)13-9-14-24(22)30)27(33)18-35-26-15-8-10-19(2)20(26)3/h5-15,25H,4,16-18H2,1-3H3,(H,31,34)/t25-/m0/s1. The Balaban J connectivity index is 1.96. The van der Waals surface area contributed by atoms with E-state index in [1.807, 2.05) is 69.3 Å². The predicted molar refractivity (Wildman–Crippen MR) is 141 cm³/mol. The average Bonchev–Trinajstić information content (AvgIpc) is 2.84. The molecule has 0 aromatic heterocycles. The third kappa shape index (κ3) is 7.00. The van der Waals surface area contributed by atoms with E-state index < -0.39 is 6.04 Å². The lowest BCUT2D eigenvalue weighted by Crippen LogP contribution is -2.51. The maximum atomic E-state index is 13.6. The van der Waals surface area contributed by atoms with Gasteiger partial charge in [0.05, 0.1) is 0 Å². The van der Waals surface area contributed by atoms with E-state index in [0.717, 1.165) is 16.7 Å². The van der Waals surface area contributed by atoms with E-state index in [0.29, 0.717) is 34.3 Å². The highest BCUT2D eigenvalue weighted by atomic mass is 35.5. The van der Waals surface area contributed by atoms with E-state index in [1.54, 1.807) is 18.2 Å². The predicted octanol–water partition coefficient (Wildman–Crippen LogP) is 5.77. The molecule has 5 nitrogen and oxygen atoms in total. The zero-order chi connectivity index (χ0) is 25.4. The summed E-state index contributed by atoms with van der Waals surface area (Å²) in [7, 11) is 0. The van der Waals surface area contributed by atoms with Crippen molar-refractivity contribution in [1.29, 1.82) is 0 Å². The summed E-state index contributed by atoms with van der Waals surface area (Å²) < 4.78 is 5.91. The lowest BCUT2D eigenvalue weighted by molar-refractivity contribution is -0.142. The van der Waals surface area contributed by atoms with E-state index in [9.17, 15) is 9.59 Å². The Kier molecular flexibility index (Phi) is 9.58. The van der Waals surface area contributed by atoms with Crippen LogP contribution in [0.3, 0.4) is 0 Å². The van der Waals surface area contributed by atoms with E-state index in [4.69, 9.17) is 27.9 Å². The summed E-state index contributed by atoms with van der Waals surface area (Å²) in [4.78, 5) is 28.3. The minimum absolute atomic E-state index is 0.0716. The molecule has 0 radical (unpaired) electrons. The number of nitrogens with one attached hydrogen (secondary N) is 1. The monoisotopic (exact) mass is 512 g/mol. The van der Waals surface area contributed by atoms with E-state index in [-0.39, 0.29) is 25.0 Å². The number of carbonyl (C=O) groups is 2. The third-order valence-corrected chi connectivity index (χ3v) is 6.63. The molecule has 1 atom stereocenters. The minimum Gasteiger partial charge on any atom is -0.483 e. The van der Waals surface area contributed by atoms with Crippen molar-refractivity contribution in [2.75, 3.05) is 13.2 Å². The van der Waals surface area contributed by atoms with E-state index in [1.165, 1.54) is 4.90 Å². The highest BCUT2D eigenvalue weighted by Crippen LogP contribution is 2.27. The third-order valence-electron chi connectivity index (χ3n) is 5.92. The van der Waals surface area contributed by atoms with Crippen LogP contribution in [0.5, 0.6) is 5.75 Å². The Labute approximate surface area is 217 Å². The fourth-order valence-corrected chi connectivity index (χ4v) is 4.32. The largest absolute Gasteiger partial charge is 0.483 e. The first-order chi connectivity index (χ1) is 16.8. The summed E-state index contributed by atoms with van der Waals surface area (Å²) in [6.45, 7) is 6.07. The molecule has 0 aliphatic heterocycles. The van der Waals surface area contributed by atoms with Gasteiger partial charge in [-0.25, -0.2) is 0 Å². The second-order valence-corrected chi connectivity index (χ2v) is 9.12. The van der Waals surface area contributed by atoms with Crippen molar-refractivity contribution in [1.82, 2.24) is 10.2 Å². The number of benzene rings is 3. The quantitative estimate of drug-likeness (QED) is 0.375. The van der Waals surface area contributed by atoms with Crippen LogP contribution in [0.15, 0.2) is 66.7 Å². The normalized spacial score (nSPS) is 11.6. The molecular weight excluding hydrogens is 483 g/mol. The molecule has 0 saturated carbocycles. The maximum Gasteiger partial charge on any atom is 0.261 e. The Morgan fingerprint density at radius 1 is 0.943 bits per heavy atom. The maximum absolute atomic E-state index is 13.6. The molecule has 184 valence electrons. The van der Waals surface area contributed by atoms with Crippen LogP contribution >= 0.6 is 23.2 Å². The molecule has 35 heavy (non-hydrogen) atoms. The van der Waals surface area contributed by atoms with Crippen molar-refractivity contribution in [2.45, 2.75) is 39.8 Å². The molecule has 2 amide bonds. The molecule has 3 aromatic carbocycles. The van der Waals surface area contributed by atoms with Crippen LogP contribution in [0.1, 0.15) is 29.2 Å². The van der Waals surface area contributed by atoms with Gasteiger partial charge in [0.25, 0.3) is 5.91 Å². The molecule has 0 aliphatic carbocycles. The number of ether oxygens (including phenoxy) is 1. The van der Waals surface area contributed by atoms with Crippen LogP contribution in [0.2, 0.25) is 10.0 Å². The van der Waals surface area contributed by atoms with Crippen LogP contribution in [0, 0.1) is 13.8 Å². The first-order valence-corrected chi connectivity index (χ1v) is 12.3. The highest BCUT2D eigenvalue weighted by Gasteiger charge is 2.31. The van der Waals surface area contributed by atoms with Crippen LogP contribution < -0.4 is 10.1 Å². The van der Waals surface area contributed by atoms with Crippen molar-refractivity contribution < 1.29 is 14.3 Å². The number of hydrogen-bond donors (Lipinski definition) is 1. The fraction of sp³-hybridized carbons (Fsp3) is 0.286. The zero-order valence-corrected chi connectivity index (χ0v) is 21.7. The topological polar surface area (TPSA) is 58.6 Å². The van der Waals surface area contributed by atoms with Crippen molar-refractivity contribution >= 4 is 35.0 Å². The van der Waals surface area contributed by atoms with Crippen molar-refractivity contribution in [3.05, 3.63) is 99.0 Å². The smallest absolute Gasteiger partial charge is 0.261 e. The number of likely N-dealkylation sites (N-methyl/N-ethyl adjacent to an activating group) is 1. The van der Waals surface area contributed by atoms with Gasteiger partial charge in [-0.2, -0.15) is 0 Å². The summed E-state index contributed by atoms with van der Waals surface area (Å²) in [5, 5.41) is 3.73. The lowest BCUT2D eigenvalue weighted by Gasteiger charge is -2.32. The molecule has 3 aromatic rings. The van der Waals surface area contributed by atoms with Gasteiger partial charge in [0.15, 0.2) is 6.61 Å². The fourth-order valence-electron chi connectivity index (χ4n) is 3.80. The van der Waals surface area contributed by atoms with Gasteiger partial charge in [0.2, 0.25) is 5.91 Å². The van der Waals surface area contributed by atoms with Gasteiger partial charge in [-0.1, -0.05) is 71.7 Å². The Bertz CT molecular complexity index is 1150. The first kappa shape index (κ1) is 26.6. The van der Waals surface area contributed by atoms with Gasteiger partial charge in [0, 0.05) is 35.1 Å². The van der Waals surface area contributed by atoms with Crippen LogP contribution in [0.25, 0.3) is 0 Å². The van der Waals surface area contributed by atoms with Crippen molar-refractivity contribution in [2.24, 2.45) is 0 Å². The first-order valence-electron chi connectivity index (χ1n) is 11.5. The number of nitrogens with zero attached hydrogens (tertiary/aromatic N) is 1. The molecule has 0 bridgehead atoms. The molecule has 0 aliphatic rings. The zero-order valence-electron chi connectivity index (χ0n) is 20.2. The Morgan fingerprint density at radius 3 is 2.26 bits per heavy atom. The second kappa shape index (κ2) is 12.6. The van der Waals surface area contributed by atoms with Gasteiger partial charge >= 0.3 is 0 Å². The number of halogens is 2. The lowest BCUT2D eigenvalue weighted by atomic mass is 10.0. The van der Waals surface area contributed by atoms with Gasteiger partial charge in [-0.05, 0) is 55.7 Å². The van der Waals surface area contributed by atoms with Gasteiger partial charge in [-0.15, -0.1) is 0 Å². The molecule has 0 heterocycles. The van der Waals surface area contributed by atoms with Crippen molar-refractivity contribution in [3.8, 4) is 5.75 Å². The Hall–Kier alpha value is -3.02. The number of carbonyl (C=O) groups excluding carboxylic acids is 2. The summed E-state index contributed by atoms with van der Waals surface area (Å²) in [6.07, 6.45) is 0.337. The van der Waals surface area contributed by atoms with Crippen LogP contribution in [-0.4, -0.2) is 35.9 Å². The van der Waals surface area contributed by atoms with Gasteiger partial charge in [-0.3, -0.25) is 9.59 Å². The molecule has 3 rings (SSSR count). The van der Waals surface area contributed by atoms with E-state index >= 15 is 0 Å². The molecule has 1 N–H and O–H groups in total. The van der Waals surface area contributed by atoms with Crippen molar-refractivity contribution in [3.63, 3.8) is 0 Å². The summed E-state index contributed by atoms with van der Waals surface area (Å²) in [5.74, 6) is 0.0420. The number of rotatable bonds is 10. The van der Waals surface area contributed by atoms with Gasteiger partial charge in [0.1, 0.15) is 11.8 Å². The Morgan fingerprint density at radius 2 is 1.60 bits per heavy atom. The summed E-state index contributed by atoms with van der Waals surface area (Å²) in [5.41, 5.74) is 3.55. The molecule has 7 heteroatoms. The SMILES string of the molecule is CCNC(=O)[C@H](Cc1ccccc1)N(Cc1c(Cl)cccc1Cl)C(=O)COc1cccc(C)c1C. The molecular formula is C28H30Cl2N2O3. The molecule has 0 unspecified atom stereocenters. The number of hydrogen-bond acceptors (Lipinski definition) is 3. The molecule has 0 fully saturated rings. The molecule has 0 saturated heterocycles. The molecule has 0 spiro atoms. The van der Waals surface area contributed by atoms with Crippen LogP contribution in [-0.2, 0) is 22.6 Å². The second-order valence-electron chi connectivity index (χ2n) is 8.31. The summed E-state index contributed by atoms with van der Waals surface area (Å²) in [6, 6.07) is 19.7. The average molecular weight is 513 g/mol. The number of amides is 2. The van der Waals surface area contributed by atoms with Gasteiger partial charge < -0.3 is 15.0 Å².